The maximum Gasteiger partial charge on any atom is 0.186 e. The van der Waals surface area contributed by atoms with Crippen LogP contribution in [0.15, 0.2) is 78.9 Å². The van der Waals surface area contributed by atoms with Gasteiger partial charge in [0, 0.05) is 11.4 Å². The highest BCUT2D eigenvalue weighted by atomic mass is 15.9. The Morgan fingerprint density at radius 2 is 1.37 bits per heavy atom. The Bertz CT molecular complexity index is 1410. The molecule has 0 amide bonds. The Kier molecular flexibility index (Phi) is 11.1. The van der Waals surface area contributed by atoms with Gasteiger partial charge in [0.05, 0.1) is 11.2 Å². The number of unbranched alkanes of at least 4 members (excludes halogenated alkanes) is 1. The number of aryl methyl sites for hydroxylation is 2. The normalized spacial score (nSPS) is 26.5. The second-order valence-electron chi connectivity index (χ2n) is 13.0. The summed E-state index contributed by atoms with van der Waals surface area (Å²) in [6, 6.07) is 27.4. The largest absolute Gasteiger partial charge is 0.364 e. The lowest BCUT2D eigenvalue weighted by Crippen LogP contribution is -2.86. The molecule has 3 aromatic carbocycles. The first-order valence-electron chi connectivity index (χ1n) is 16.9. The molecule has 3 aromatic rings. The van der Waals surface area contributed by atoms with Crippen molar-refractivity contribution in [1.29, 1.82) is 0 Å². The van der Waals surface area contributed by atoms with Crippen LogP contribution in [0.5, 0.6) is 0 Å². The molecule has 9 nitrogen and oxygen atoms in total. The Morgan fingerprint density at radius 3 is 1.91 bits per heavy atom. The zero-order valence-corrected chi connectivity index (χ0v) is 29.9. The van der Waals surface area contributed by atoms with E-state index in [0.29, 0.717) is 0 Å². The van der Waals surface area contributed by atoms with Gasteiger partial charge >= 0.3 is 0 Å². The van der Waals surface area contributed by atoms with E-state index < -0.39 is 22.7 Å². The molecule has 46 heavy (non-hydrogen) atoms. The summed E-state index contributed by atoms with van der Waals surface area (Å²) in [5.41, 5.74) is 2.90. The van der Waals surface area contributed by atoms with E-state index in [1.54, 1.807) is 0 Å². The molecular weight excluding hydrogens is 570 g/mol. The smallest absolute Gasteiger partial charge is 0.186 e. The van der Waals surface area contributed by atoms with Crippen LogP contribution in [-0.2, 0) is 0 Å². The maximum atomic E-state index is 7.51. The van der Waals surface area contributed by atoms with Gasteiger partial charge in [-0.05, 0) is 110 Å². The minimum absolute atomic E-state index is 0.673. The van der Waals surface area contributed by atoms with Gasteiger partial charge in [0.2, 0.25) is 0 Å². The first-order chi connectivity index (χ1) is 21.9. The fourth-order valence-electron chi connectivity index (χ4n) is 8.09. The van der Waals surface area contributed by atoms with Crippen LogP contribution < -0.4 is 32.2 Å². The topological polar surface area (TPSA) is 87.1 Å². The van der Waals surface area contributed by atoms with Crippen LogP contribution in [0, 0.1) is 13.8 Å². The van der Waals surface area contributed by atoms with Crippen molar-refractivity contribution in [3.63, 3.8) is 0 Å². The third-order valence-corrected chi connectivity index (χ3v) is 10.5. The lowest BCUT2D eigenvalue weighted by molar-refractivity contribution is -0.0738. The van der Waals surface area contributed by atoms with Crippen LogP contribution in [0.25, 0.3) is 0 Å². The number of anilines is 3. The van der Waals surface area contributed by atoms with E-state index in [1.165, 1.54) is 5.56 Å². The van der Waals surface area contributed by atoms with Crippen LogP contribution in [0.1, 0.15) is 58.6 Å². The molecule has 9 heteroatoms. The molecule has 0 saturated carbocycles. The first-order valence-corrected chi connectivity index (χ1v) is 16.9. The zero-order chi connectivity index (χ0) is 33.8. The molecule has 1 aliphatic heterocycles. The molecule has 1 aliphatic rings. The van der Waals surface area contributed by atoms with E-state index in [9.17, 15) is 0 Å². The van der Waals surface area contributed by atoms with Crippen LogP contribution in [0.4, 0.5) is 17.1 Å². The first kappa shape index (κ1) is 35.7. The minimum Gasteiger partial charge on any atom is -0.364 e. The second kappa shape index (κ2) is 14.3. The quantitative estimate of drug-likeness (QED) is 0.0622. The van der Waals surface area contributed by atoms with Gasteiger partial charge in [-0.1, -0.05) is 81.8 Å². The fraction of sp³-hybridized carbons (Fsp3) is 0.514. The van der Waals surface area contributed by atoms with E-state index in [4.69, 9.17) is 5.84 Å². The lowest BCUT2D eigenvalue weighted by Gasteiger charge is -2.60. The van der Waals surface area contributed by atoms with Crippen molar-refractivity contribution in [3.05, 3.63) is 90.0 Å². The molecule has 252 valence electrons. The molecule has 0 aromatic heterocycles. The predicted molar refractivity (Wildman–Crippen MR) is 195 cm³/mol. The standard InChI is InChI=1S/C37H59N9/c1-11-14-28-40-37(39-8)36(43(9)10,42-32-26-20-18-22-29(32)4)34(6,44(12-2)13-3)35(7,41-31-24-16-15-17-25-31)46(37)45(38)33-27-21-19-23-30(33)5/h15-27,39-42H,11-14,28,38H2,1-10H3. The lowest BCUT2D eigenvalue weighted by atomic mass is 9.73. The minimum atomic E-state index is -0.973. The Morgan fingerprint density at radius 1 is 0.783 bits per heavy atom. The molecular formula is C37H59N9. The van der Waals surface area contributed by atoms with Gasteiger partial charge in [-0.2, -0.15) is 0 Å². The maximum absolute atomic E-state index is 7.51. The van der Waals surface area contributed by atoms with Crippen LogP contribution in [-0.4, -0.2) is 78.2 Å². The van der Waals surface area contributed by atoms with Crippen molar-refractivity contribution in [2.75, 3.05) is 56.5 Å². The molecule has 0 spiro atoms. The SMILES string of the molecule is CCCCNC1(NC)N(N(N)c2ccccc2C)C(C)(Nc2ccccc2)C(C)(N(CC)CC)C1(Nc1ccccc1C)N(C)C. The highest BCUT2D eigenvalue weighted by molar-refractivity contribution is 5.60. The van der Waals surface area contributed by atoms with Crippen LogP contribution >= 0.6 is 0 Å². The van der Waals surface area contributed by atoms with E-state index in [1.807, 2.05) is 12.2 Å². The molecule has 4 rings (SSSR count). The summed E-state index contributed by atoms with van der Waals surface area (Å²) in [5.74, 6) is 6.54. The van der Waals surface area contributed by atoms with Gasteiger partial charge in [-0.25, -0.2) is 11.0 Å². The van der Waals surface area contributed by atoms with Crippen LogP contribution in [0.3, 0.4) is 0 Å². The van der Waals surface area contributed by atoms with Gasteiger partial charge in [0.15, 0.2) is 11.4 Å². The average Bonchev–Trinajstić information content (AvgIpc) is 3.18. The number of hydrogen-bond donors (Lipinski definition) is 5. The van der Waals surface area contributed by atoms with Crippen molar-refractivity contribution >= 4 is 17.1 Å². The van der Waals surface area contributed by atoms with Crippen molar-refractivity contribution in [2.24, 2.45) is 5.84 Å². The molecule has 0 bridgehead atoms. The van der Waals surface area contributed by atoms with E-state index >= 15 is 0 Å². The fourth-order valence-corrected chi connectivity index (χ4v) is 8.09. The number of hydrogen-bond acceptors (Lipinski definition) is 9. The molecule has 4 atom stereocenters. The third-order valence-electron chi connectivity index (χ3n) is 10.5. The molecule has 0 radical (unpaired) electrons. The molecule has 6 N–H and O–H groups in total. The highest BCUT2D eigenvalue weighted by Crippen LogP contribution is 2.58. The van der Waals surface area contributed by atoms with Gasteiger partial charge in [-0.3, -0.25) is 20.4 Å². The zero-order valence-electron chi connectivity index (χ0n) is 29.9. The Hall–Kier alpha value is -3.18. The van der Waals surface area contributed by atoms with Gasteiger partial charge in [-0.15, -0.1) is 5.01 Å². The number of nitrogens with zero attached hydrogens (tertiary/aromatic N) is 4. The summed E-state index contributed by atoms with van der Waals surface area (Å²) in [7, 11) is 6.41. The van der Waals surface area contributed by atoms with Gasteiger partial charge in [0.1, 0.15) is 5.66 Å². The number of hydrazine groups is 2. The van der Waals surface area contributed by atoms with Crippen LogP contribution in [0.2, 0.25) is 0 Å². The Balaban J connectivity index is 2.22. The number of benzene rings is 3. The van der Waals surface area contributed by atoms with E-state index in [0.717, 1.165) is 55.1 Å². The predicted octanol–water partition coefficient (Wildman–Crippen LogP) is 5.78. The van der Waals surface area contributed by atoms with E-state index in [-0.39, 0.29) is 0 Å². The second-order valence-corrected chi connectivity index (χ2v) is 13.0. The van der Waals surface area contributed by atoms with Crippen molar-refractivity contribution in [2.45, 2.75) is 84.0 Å². The van der Waals surface area contributed by atoms with Crippen molar-refractivity contribution in [3.8, 4) is 0 Å². The number of nitrogens with two attached hydrogens (primary N) is 1. The summed E-state index contributed by atoms with van der Waals surface area (Å²) in [4.78, 5) is 4.93. The summed E-state index contributed by atoms with van der Waals surface area (Å²) in [6.45, 7) is 18.1. The third kappa shape index (κ3) is 5.47. The summed E-state index contributed by atoms with van der Waals surface area (Å²) in [5, 5.41) is 20.5. The Labute approximate surface area is 278 Å². The van der Waals surface area contributed by atoms with Crippen molar-refractivity contribution < 1.29 is 0 Å². The van der Waals surface area contributed by atoms with Gasteiger partial charge in [0.25, 0.3) is 0 Å². The van der Waals surface area contributed by atoms with Gasteiger partial charge < -0.3 is 10.6 Å². The monoisotopic (exact) mass is 629 g/mol. The number of rotatable bonds is 15. The number of nitrogens with one attached hydrogen (secondary N) is 4. The summed E-state index contributed by atoms with van der Waals surface area (Å²) in [6.07, 6.45) is 2.06. The molecule has 1 saturated heterocycles. The summed E-state index contributed by atoms with van der Waals surface area (Å²) >= 11 is 0. The molecule has 0 aliphatic carbocycles. The van der Waals surface area contributed by atoms with Crippen molar-refractivity contribution in [1.82, 2.24) is 25.4 Å². The highest BCUT2D eigenvalue weighted by Gasteiger charge is 2.82. The number of para-hydroxylation sites is 3. The molecule has 1 heterocycles. The number of likely N-dealkylation sites (N-methyl/N-ethyl adjacent to an activating group) is 3. The average molecular weight is 630 g/mol. The summed E-state index contributed by atoms with van der Waals surface area (Å²) < 4.78 is 0. The molecule has 1 fully saturated rings. The van der Waals surface area contributed by atoms with E-state index in [2.05, 4.69) is 178 Å². The molecule has 4 unspecified atom stereocenters.